The third kappa shape index (κ3) is 2.73. The molecule has 116 valence electrons. The smallest absolute Gasteiger partial charge is 0.122 e. The molecule has 1 N–H and O–H groups in total. The summed E-state index contributed by atoms with van der Waals surface area (Å²) in [7, 11) is 0.986. The van der Waals surface area contributed by atoms with Gasteiger partial charge in [-0.15, -0.1) is 0 Å². The lowest BCUT2D eigenvalue weighted by atomic mass is 9.79. The van der Waals surface area contributed by atoms with Crippen LogP contribution in [0, 0.1) is 11.8 Å². The highest BCUT2D eigenvalue weighted by atomic mass is 28.3. The molecule has 1 aliphatic heterocycles. The highest BCUT2D eigenvalue weighted by Gasteiger charge is 2.51. The fourth-order valence-electron chi connectivity index (χ4n) is 5.46. The maximum Gasteiger partial charge on any atom is 0.122 e. The fraction of sp³-hybridized carbons (Fsp3) is 1.00. The van der Waals surface area contributed by atoms with Gasteiger partial charge in [0.2, 0.25) is 0 Å². The molecule has 2 saturated carbocycles. The molecule has 3 heteroatoms. The number of hydrogen-bond acceptors (Lipinski definition) is 2. The van der Waals surface area contributed by atoms with E-state index in [0.717, 1.165) is 23.4 Å². The molecule has 0 bridgehead atoms. The average Bonchev–Trinajstić information content (AvgIpc) is 2.88. The Bertz CT molecular complexity index is 325. The highest BCUT2D eigenvalue weighted by molar-refractivity contribution is 6.76. The Balaban J connectivity index is 1.78. The number of fused-ring (bicyclic) bond motifs is 1. The Morgan fingerprint density at radius 2 is 1.55 bits per heavy atom. The molecule has 3 fully saturated rings. The van der Waals surface area contributed by atoms with E-state index >= 15 is 0 Å². The van der Waals surface area contributed by atoms with Crippen molar-refractivity contribution in [1.82, 2.24) is 9.88 Å². The predicted octanol–water partition coefficient (Wildman–Crippen LogP) is 3.85. The summed E-state index contributed by atoms with van der Waals surface area (Å²) in [6, 6.07) is 0.936. The Hall–Kier alpha value is 0.137. The second kappa shape index (κ2) is 6.10. The summed E-state index contributed by atoms with van der Waals surface area (Å²) < 4.78 is 0. The molecule has 1 heterocycles. The van der Waals surface area contributed by atoms with Crippen molar-refractivity contribution in [2.45, 2.75) is 76.0 Å². The SMILES string of the molecule is CN[Si](C)(C)C1CC(N2CCCCC2)C2CCCCC21. The van der Waals surface area contributed by atoms with E-state index in [-0.39, 0.29) is 0 Å². The van der Waals surface area contributed by atoms with Gasteiger partial charge < -0.3 is 9.88 Å². The van der Waals surface area contributed by atoms with Gasteiger partial charge in [0.05, 0.1) is 0 Å². The summed E-state index contributed by atoms with van der Waals surface area (Å²) in [5, 5.41) is 0. The van der Waals surface area contributed by atoms with E-state index < -0.39 is 8.24 Å². The lowest BCUT2D eigenvalue weighted by molar-refractivity contribution is 0.105. The van der Waals surface area contributed by atoms with Crippen LogP contribution in [0.25, 0.3) is 0 Å². The minimum Gasteiger partial charge on any atom is -0.340 e. The van der Waals surface area contributed by atoms with Crippen LogP contribution in [-0.4, -0.2) is 39.3 Å². The van der Waals surface area contributed by atoms with Crippen LogP contribution >= 0.6 is 0 Å². The van der Waals surface area contributed by atoms with Crippen LogP contribution in [0.3, 0.4) is 0 Å². The predicted molar refractivity (Wildman–Crippen MR) is 89.6 cm³/mol. The van der Waals surface area contributed by atoms with Gasteiger partial charge in [0.25, 0.3) is 0 Å². The second-order valence-electron chi connectivity index (χ2n) is 8.09. The molecule has 0 amide bonds. The minimum atomic E-state index is -1.23. The summed E-state index contributed by atoms with van der Waals surface area (Å²) in [6.07, 6.45) is 11.9. The van der Waals surface area contributed by atoms with Gasteiger partial charge in [0.15, 0.2) is 0 Å². The minimum absolute atomic E-state index is 0.936. The molecule has 1 saturated heterocycles. The molecule has 0 radical (unpaired) electrons. The number of piperidine rings is 1. The first kappa shape index (κ1) is 15.0. The van der Waals surface area contributed by atoms with Gasteiger partial charge in [-0.25, -0.2) is 0 Å². The normalized spacial score (nSPS) is 39.8. The van der Waals surface area contributed by atoms with Crippen molar-refractivity contribution in [3.8, 4) is 0 Å². The molecule has 0 aromatic carbocycles. The Morgan fingerprint density at radius 3 is 2.20 bits per heavy atom. The second-order valence-corrected chi connectivity index (χ2v) is 12.8. The number of hydrogen-bond donors (Lipinski definition) is 1. The molecule has 2 aliphatic carbocycles. The molecular formula is C17H34N2Si. The Labute approximate surface area is 126 Å². The zero-order chi connectivity index (χ0) is 14.2. The lowest BCUT2D eigenvalue weighted by Gasteiger charge is -2.39. The molecule has 3 rings (SSSR count). The van der Waals surface area contributed by atoms with Crippen LogP contribution in [0.1, 0.15) is 51.4 Å². The largest absolute Gasteiger partial charge is 0.340 e. The van der Waals surface area contributed by atoms with Crippen LogP contribution in [-0.2, 0) is 0 Å². The van der Waals surface area contributed by atoms with Crippen molar-refractivity contribution in [3.63, 3.8) is 0 Å². The van der Waals surface area contributed by atoms with E-state index in [9.17, 15) is 0 Å². The maximum atomic E-state index is 3.76. The van der Waals surface area contributed by atoms with Gasteiger partial charge in [-0.05, 0) is 63.2 Å². The monoisotopic (exact) mass is 294 g/mol. The molecular weight excluding hydrogens is 260 g/mol. The maximum absolute atomic E-state index is 3.76. The standard InChI is InChI=1S/C17H34N2Si/c1-18-20(2,3)17-13-16(19-11-7-4-8-12-19)14-9-5-6-10-15(14)17/h14-18H,4-13H2,1-3H3. The Kier molecular flexibility index (Phi) is 4.59. The molecule has 3 aliphatic rings. The van der Waals surface area contributed by atoms with E-state index in [0.29, 0.717) is 0 Å². The molecule has 0 aromatic rings. The van der Waals surface area contributed by atoms with Gasteiger partial charge in [0, 0.05) is 6.04 Å². The van der Waals surface area contributed by atoms with E-state index in [1.165, 1.54) is 64.5 Å². The zero-order valence-electron chi connectivity index (χ0n) is 13.8. The number of nitrogens with one attached hydrogen (secondary N) is 1. The lowest BCUT2D eigenvalue weighted by Crippen LogP contribution is -2.48. The zero-order valence-corrected chi connectivity index (χ0v) is 14.8. The molecule has 0 spiro atoms. The molecule has 2 nitrogen and oxygen atoms in total. The van der Waals surface area contributed by atoms with Crippen molar-refractivity contribution >= 4 is 8.24 Å². The van der Waals surface area contributed by atoms with Crippen LogP contribution in [0.5, 0.6) is 0 Å². The van der Waals surface area contributed by atoms with Crippen molar-refractivity contribution in [2.24, 2.45) is 11.8 Å². The highest BCUT2D eigenvalue weighted by Crippen LogP contribution is 2.54. The molecule has 20 heavy (non-hydrogen) atoms. The summed E-state index contributed by atoms with van der Waals surface area (Å²) in [5.74, 6) is 2.08. The van der Waals surface area contributed by atoms with E-state index in [1.807, 2.05) is 0 Å². The van der Waals surface area contributed by atoms with Gasteiger partial charge in [0.1, 0.15) is 8.24 Å². The van der Waals surface area contributed by atoms with Gasteiger partial charge in [-0.1, -0.05) is 38.8 Å². The first-order valence-electron chi connectivity index (χ1n) is 9.06. The Morgan fingerprint density at radius 1 is 0.900 bits per heavy atom. The van der Waals surface area contributed by atoms with Gasteiger partial charge in [-0.2, -0.15) is 0 Å². The average molecular weight is 295 g/mol. The number of likely N-dealkylation sites (tertiary alicyclic amines) is 1. The number of rotatable bonds is 3. The van der Waals surface area contributed by atoms with Crippen LogP contribution in [0.2, 0.25) is 18.6 Å². The number of nitrogens with zero attached hydrogens (tertiary/aromatic N) is 1. The van der Waals surface area contributed by atoms with E-state index in [1.54, 1.807) is 0 Å². The quantitative estimate of drug-likeness (QED) is 0.796. The first-order chi connectivity index (χ1) is 9.63. The molecule has 0 aromatic heterocycles. The molecule has 4 unspecified atom stereocenters. The van der Waals surface area contributed by atoms with Crippen molar-refractivity contribution in [1.29, 1.82) is 0 Å². The fourth-order valence-corrected chi connectivity index (χ4v) is 8.15. The summed E-state index contributed by atoms with van der Waals surface area (Å²) in [6.45, 7) is 7.92. The molecule has 4 atom stereocenters. The van der Waals surface area contributed by atoms with Gasteiger partial charge in [-0.3, -0.25) is 0 Å². The van der Waals surface area contributed by atoms with Crippen molar-refractivity contribution in [2.75, 3.05) is 20.1 Å². The van der Waals surface area contributed by atoms with Crippen LogP contribution < -0.4 is 4.98 Å². The van der Waals surface area contributed by atoms with Crippen LogP contribution in [0.15, 0.2) is 0 Å². The first-order valence-corrected chi connectivity index (χ1v) is 12.1. The van der Waals surface area contributed by atoms with Gasteiger partial charge >= 0.3 is 0 Å². The van der Waals surface area contributed by atoms with Crippen LogP contribution in [0.4, 0.5) is 0 Å². The topological polar surface area (TPSA) is 15.3 Å². The summed E-state index contributed by atoms with van der Waals surface area (Å²) >= 11 is 0. The van der Waals surface area contributed by atoms with E-state index in [2.05, 4.69) is 30.0 Å². The van der Waals surface area contributed by atoms with Crippen molar-refractivity contribution in [3.05, 3.63) is 0 Å². The third-order valence-corrected chi connectivity index (χ3v) is 10.6. The summed E-state index contributed by atoms with van der Waals surface area (Å²) in [5.41, 5.74) is 1.02. The summed E-state index contributed by atoms with van der Waals surface area (Å²) in [4.78, 5) is 6.66. The van der Waals surface area contributed by atoms with Crippen molar-refractivity contribution < 1.29 is 0 Å². The van der Waals surface area contributed by atoms with E-state index in [4.69, 9.17) is 0 Å². The third-order valence-electron chi connectivity index (χ3n) is 6.81.